The molecule has 9 nitrogen and oxygen atoms in total. The number of rotatable bonds is 11. The number of carbonyl (C=O) groups is 3. The second-order valence-corrected chi connectivity index (χ2v) is 9.11. The van der Waals surface area contributed by atoms with Gasteiger partial charge in [0.05, 0.1) is 19.2 Å². The van der Waals surface area contributed by atoms with Crippen molar-refractivity contribution < 1.29 is 19.1 Å². The molecule has 2 aromatic rings. The maximum atomic E-state index is 12.8. The van der Waals surface area contributed by atoms with Crippen LogP contribution in [0.2, 0.25) is 0 Å². The van der Waals surface area contributed by atoms with Crippen molar-refractivity contribution in [3.8, 4) is 5.75 Å². The predicted molar refractivity (Wildman–Crippen MR) is 131 cm³/mol. The zero-order chi connectivity index (χ0) is 24.5. The highest BCUT2D eigenvalue weighted by Gasteiger charge is 2.34. The van der Waals surface area contributed by atoms with E-state index >= 15 is 0 Å². The van der Waals surface area contributed by atoms with Gasteiger partial charge in [-0.1, -0.05) is 18.2 Å². The highest BCUT2D eigenvalue weighted by Crippen LogP contribution is 2.23. The molecule has 1 fully saturated rings. The van der Waals surface area contributed by atoms with Gasteiger partial charge < -0.3 is 26.0 Å². The van der Waals surface area contributed by atoms with Crippen molar-refractivity contribution in [1.82, 2.24) is 15.5 Å². The van der Waals surface area contributed by atoms with Crippen molar-refractivity contribution in [2.75, 3.05) is 19.7 Å². The van der Waals surface area contributed by atoms with Gasteiger partial charge in [-0.2, -0.15) is 0 Å². The minimum atomic E-state index is -0.557. The fourth-order valence-electron chi connectivity index (χ4n) is 3.74. The van der Waals surface area contributed by atoms with Gasteiger partial charge in [-0.3, -0.25) is 19.8 Å². The lowest BCUT2D eigenvalue weighted by atomic mass is 10.1. The molecule has 0 bridgehead atoms. The van der Waals surface area contributed by atoms with Crippen LogP contribution in [0.3, 0.4) is 0 Å². The molecule has 2 heterocycles. The topological polar surface area (TPSA) is 138 Å². The summed E-state index contributed by atoms with van der Waals surface area (Å²) in [4.78, 5) is 40.1. The molecule has 1 aromatic carbocycles. The SMILES string of the molecule is C[C@@H](NC(=O)C1CCCN1C(=O)CNC(=O)CCCOc1ccccc1)c1cc(C(=N)N)cs1. The van der Waals surface area contributed by atoms with E-state index in [-0.39, 0.29) is 42.6 Å². The average Bonchev–Trinajstić information content (AvgIpc) is 3.51. The minimum absolute atomic E-state index is 0.0145. The predicted octanol–water partition coefficient (Wildman–Crippen LogP) is 2.18. The van der Waals surface area contributed by atoms with Crippen molar-refractivity contribution in [2.45, 2.75) is 44.7 Å². The van der Waals surface area contributed by atoms with Gasteiger partial charge in [0.1, 0.15) is 17.6 Å². The lowest BCUT2D eigenvalue weighted by molar-refractivity contribution is -0.138. The Morgan fingerprint density at radius 1 is 1.29 bits per heavy atom. The first-order valence-electron chi connectivity index (χ1n) is 11.3. The number of nitrogens with zero attached hydrogens (tertiary/aromatic N) is 1. The lowest BCUT2D eigenvalue weighted by Gasteiger charge is -2.25. The Morgan fingerprint density at radius 3 is 2.76 bits per heavy atom. The van der Waals surface area contributed by atoms with E-state index in [4.69, 9.17) is 15.9 Å². The van der Waals surface area contributed by atoms with E-state index in [1.165, 1.54) is 16.2 Å². The number of para-hydroxylation sites is 1. The van der Waals surface area contributed by atoms with Crippen LogP contribution in [-0.2, 0) is 14.4 Å². The molecule has 2 atom stereocenters. The van der Waals surface area contributed by atoms with E-state index in [2.05, 4.69) is 10.6 Å². The molecule has 0 saturated carbocycles. The number of nitrogens with one attached hydrogen (secondary N) is 3. The van der Waals surface area contributed by atoms with Crippen molar-refractivity contribution in [2.24, 2.45) is 5.73 Å². The van der Waals surface area contributed by atoms with Crippen molar-refractivity contribution >= 4 is 34.9 Å². The van der Waals surface area contributed by atoms with Crippen LogP contribution in [0.1, 0.15) is 49.1 Å². The quantitative estimate of drug-likeness (QED) is 0.220. The monoisotopic (exact) mass is 485 g/mol. The Bertz CT molecular complexity index is 1010. The summed E-state index contributed by atoms with van der Waals surface area (Å²) in [6.45, 7) is 2.62. The van der Waals surface area contributed by atoms with Gasteiger partial charge in [-0.15, -0.1) is 11.3 Å². The number of nitrogen functional groups attached to an aromatic ring is 1. The second-order valence-electron chi connectivity index (χ2n) is 8.17. The van der Waals surface area contributed by atoms with Gasteiger partial charge in [0.15, 0.2) is 0 Å². The molecular formula is C24H31N5O4S. The summed E-state index contributed by atoms with van der Waals surface area (Å²) >= 11 is 1.42. The molecule has 10 heteroatoms. The molecule has 1 aliphatic rings. The van der Waals surface area contributed by atoms with Crippen LogP contribution in [0.5, 0.6) is 5.75 Å². The highest BCUT2D eigenvalue weighted by molar-refractivity contribution is 7.10. The summed E-state index contributed by atoms with van der Waals surface area (Å²) in [5, 5.41) is 14.9. The number of amides is 3. The van der Waals surface area contributed by atoms with Gasteiger partial charge in [0, 0.05) is 28.8 Å². The molecule has 1 aliphatic heterocycles. The number of nitrogens with two attached hydrogens (primary N) is 1. The summed E-state index contributed by atoms with van der Waals surface area (Å²) < 4.78 is 5.56. The Morgan fingerprint density at radius 2 is 2.06 bits per heavy atom. The Balaban J connectivity index is 1.40. The minimum Gasteiger partial charge on any atom is -0.494 e. The molecule has 0 aliphatic carbocycles. The normalized spacial score (nSPS) is 16.0. The molecule has 0 spiro atoms. The van der Waals surface area contributed by atoms with Gasteiger partial charge in [-0.05, 0) is 44.4 Å². The molecule has 1 aromatic heterocycles. The molecular weight excluding hydrogens is 454 g/mol. The van der Waals surface area contributed by atoms with Crippen LogP contribution < -0.4 is 21.1 Å². The third-order valence-corrected chi connectivity index (χ3v) is 6.70. The lowest BCUT2D eigenvalue weighted by Crippen LogP contribution is -2.49. The van der Waals surface area contributed by atoms with E-state index in [9.17, 15) is 14.4 Å². The Labute approximate surface area is 203 Å². The number of amidine groups is 1. The standard InChI is InChI=1S/C24H31N5O4S/c1-16(20-13-17(15-34-20)23(25)26)28-24(32)19-9-5-11-29(19)22(31)14-27-21(30)10-6-12-33-18-7-3-2-4-8-18/h2-4,7-8,13,15-16,19H,5-6,9-12,14H2,1H3,(H3,25,26)(H,27,30)(H,28,32)/t16-,19?/m1/s1. The molecule has 3 rings (SSSR count). The maximum Gasteiger partial charge on any atom is 0.243 e. The third-order valence-electron chi connectivity index (χ3n) is 5.59. The van der Waals surface area contributed by atoms with Crippen LogP contribution in [0.15, 0.2) is 41.8 Å². The molecule has 1 unspecified atom stereocenters. The summed E-state index contributed by atoms with van der Waals surface area (Å²) in [6, 6.07) is 10.3. The largest absolute Gasteiger partial charge is 0.494 e. The number of hydrogen-bond acceptors (Lipinski definition) is 6. The van der Waals surface area contributed by atoms with Crippen LogP contribution >= 0.6 is 11.3 Å². The van der Waals surface area contributed by atoms with Gasteiger partial charge in [-0.25, -0.2) is 0 Å². The maximum absolute atomic E-state index is 12.8. The first-order chi connectivity index (χ1) is 16.3. The number of ether oxygens (including phenoxy) is 1. The molecule has 5 N–H and O–H groups in total. The van der Waals surface area contributed by atoms with Crippen LogP contribution in [-0.4, -0.2) is 54.2 Å². The zero-order valence-electron chi connectivity index (χ0n) is 19.2. The van der Waals surface area contributed by atoms with Crippen LogP contribution in [0.25, 0.3) is 0 Å². The van der Waals surface area contributed by atoms with E-state index in [0.29, 0.717) is 31.6 Å². The summed E-state index contributed by atoms with van der Waals surface area (Å²) in [5.41, 5.74) is 6.14. The van der Waals surface area contributed by atoms with E-state index in [0.717, 1.165) is 17.0 Å². The number of carbonyl (C=O) groups excluding carboxylic acids is 3. The number of hydrogen-bond donors (Lipinski definition) is 4. The van der Waals surface area contributed by atoms with Crippen molar-refractivity contribution in [3.63, 3.8) is 0 Å². The summed E-state index contributed by atoms with van der Waals surface area (Å²) in [6.07, 6.45) is 2.11. The van der Waals surface area contributed by atoms with Gasteiger partial charge >= 0.3 is 0 Å². The Kier molecular flexibility index (Phi) is 9.03. The number of thiophene rings is 1. The smallest absolute Gasteiger partial charge is 0.243 e. The summed E-state index contributed by atoms with van der Waals surface area (Å²) in [5.74, 6) is 0.0241. The van der Waals surface area contributed by atoms with Crippen LogP contribution in [0.4, 0.5) is 0 Å². The second kappa shape index (κ2) is 12.2. The van der Waals surface area contributed by atoms with Gasteiger partial charge in [0.2, 0.25) is 17.7 Å². The molecule has 182 valence electrons. The first kappa shape index (κ1) is 25.2. The summed E-state index contributed by atoms with van der Waals surface area (Å²) in [7, 11) is 0. The molecule has 0 radical (unpaired) electrons. The Hall–Kier alpha value is -3.40. The van der Waals surface area contributed by atoms with Crippen molar-refractivity contribution in [1.29, 1.82) is 5.41 Å². The molecule has 34 heavy (non-hydrogen) atoms. The third kappa shape index (κ3) is 7.05. The van der Waals surface area contributed by atoms with E-state index < -0.39 is 6.04 Å². The van der Waals surface area contributed by atoms with Crippen LogP contribution in [0, 0.1) is 5.41 Å². The fourth-order valence-corrected chi connectivity index (χ4v) is 4.66. The average molecular weight is 486 g/mol. The molecule has 1 saturated heterocycles. The number of likely N-dealkylation sites (tertiary alicyclic amines) is 1. The van der Waals surface area contributed by atoms with Crippen molar-refractivity contribution in [3.05, 3.63) is 52.2 Å². The highest BCUT2D eigenvalue weighted by atomic mass is 32.1. The van der Waals surface area contributed by atoms with E-state index in [1.807, 2.05) is 37.3 Å². The fraction of sp³-hybridized carbons (Fsp3) is 0.417. The number of benzene rings is 1. The van der Waals surface area contributed by atoms with E-state index in [1.54, 1.807) is 11.4 Å². The molecule has 3 amide bonds. The first-order valence-corrected chi connectivity index (χ1v) is 12.2. The van der Waals surface area contributed by atoms with Gasteiger partial charge in [0.25, 0.3) is 0 Å². The zero-order valence-corrected chi connectivity index (χ0v) is 20.0.